The number of rotatable bonds is 7. The van der Waals surface area contributed by atoms with Crippen molar-refractivity contribution < 1.29 is 23.5 Å². The number of thiophene rings is 1. The molecule has 0 unspecified atom stereocenters. The summed E-state index contributed by atoms with van der Waals surface area (Å²) in [6, 6.07) is 7.26. The summed E-state index contributed by atoms with van der Waals surface area (Å²) in [5.41, 5.74) is 2.78. The Bertz CT molecular complexity index is 1190. The predicted octanol–water partition coefficient (Wildman–Crippen LogP) is 6.04. The average Bonchev–Trinajstić information content (AvgIpc) is 3.08. The Morgan fingerprint density at radius 2 is 1.63 bits per heavy atom. The summed E-state index contributed by atoms with van der Waals surface area (Å²) in [7, 11) is 0. The number of benzene rings is 2. The predicted molar refractivity (Wildman–Crippen MR) is 119 cm³/mol. The largest absolute Gasteiger partial charge is 0.462 e. The molecular weight excluding hydrogens is 403 g/mol. The molecule has 0 spiro atoms. The van der Waals surface area contributed by atoms with Crippen molar-refractivity contribution in [2.75, 3.05) is 6.61 Å². The standard InChI is InChI=1S/C24H23FO4S/c1-13(2)23(26)28-12-6-7-16-8-9-17-18-10-11-19(29-24(27)14(3)4)20(25)22(18)30-21(17)15(16)5/h8-11H,1,3,6-7,12H2,2,4-5H3. The molecule has 6 heteroatoms. The highest BCUT2D eigenvalue weighted by molar-refractivity contribution is 7.26. The van der Waals surface area contributed by atoms with Gasteiger partial charge in [-0.25, -0.2) is 14.0 Å². The van der Waals surface area contributed by atoms with E-state index in [0.717, 1.165) is 33.0 Å². The van der Waals surface area contributed by atoms with E-state index in [1.54, 1.807) is 13.0 Å². The monoisotopic (exact) mass is 426 g/mol. The van der Waals surface area contributed by atoms with Crippen molar-refractivity contribution >= 4 is 43.4 Å². The molecule has 3 rings (SSSR count). The first-order chi connectivity index (χ1) is 14.2. The van der Waals surface area contributed by atoms with Gasteiger partial charge in [-0.3, -0.25) is 0 Å². The molecule has 30 heavy (non-hydrogen) atoms. The SMILES string of the molecule is C=C(C)C(=O)OCCCc1ccc2c(sc3c(F)c(OC(=O)C(=C)C)ccc32)c1C. The molecule has 3 aromatic rings. The van der Waals surface area contributed by atoms with Crippen LogP contribution < -0.4 is 4.74 Å². The molecule has 0 aliphatic heterocycles. The van der Waals surface area contributed by atoms with Crippen LogP contribution in [0.25, 0.3) is 20.2 Å². The van der Waals surface area contributed by atoms with Gasteiger partial charge in [-0.05, 0) is 56.9 Å². The normalized spacial score (nSPS) is 10.9. The number of carbonyl (C=O) groups excluding carboxylic acids is 2. The smallest absolute Gasteiger partial charge is 0.338 e. The van der Waals surface area contributed by atoms with Crippen molar-refractivity contribution in [1.29, 1.82) is 0 Å². The van der Waals surface area contributed by atoms with Gasteiger partial charge in [0.15, 0.2) is 11.6 Å². The van der Waals surface area contributed by atoms with Gasteiger partial charge < -0.3 is 9.47 Å². The van der Waals surface area contributed by atoms with Crippen LogP contribution in [0.4, 0.5) is 4.39 Å². The Balaban J connectivity index is 1.87. The molecule has 0 amide bonds. The number of aryl methyl sites for hydroxylation is 2. The van der Waals surface area contributed by atoms with Gasteiger partial charge in [0.05, 0.1) is 11.3 Å². The van der Waals surface area contributed by atoms with Gasteiger partial charge >= 0.3 is 11.9 Å². The number of halogens is 1. The van der Waals surface area contributed by atoms with E-state index >= 15 is 4.39 Å². The fraction of sp³-hybridized carbons (Fsp3) is 0.250. The van der Waals surface area contributed by atoms with Gasteiger partial charge in [-0.15, -0.1) is 11.3 Å². The summed E-state index contributed by atoms with van der Waals surface area (Å²) in [6.45, 7) is 12.5. The third kappa shape index (κ3) is 4.28. The molecule has 0 aliphatic carbocycles. The van der Waals surface area contributed by atoms with Crippen LogP contribution in [0.15, 0.2) is 48.6 Å². The van der Waals surface area contributed by atoms with Crippen molar-refractivity contribution in [2.24, 2.45) is 0 Å². The van der Waals surface area contributed by atoms with Gasteiger partial charge in [-0.1, -0.05) is 25.3 Å². The number of hydrogen-bond donors (Lipinski definition) is 0. The van der Waals surface area contributed by atoms with E-state index in [1.165, 1.54) is 24.3 Å². The molecule has 1 aromatic heterocycles. The zero-order valence-electron chi connectivity index (χ0n) is 17.3. The third-order valence-electron chi connectivity index (χ3n) is 4.80. The molecule has 1 heterocycles. The maximum atomic E-state index is 15.0. The van der Waals surface area contributed by atoms with Gasteiger partial charge in [0.2, 0.25) is 0 Å². The van der Waals surface area contributed by atoms with Crippen LogP contribution in [0, 0.1) is 12.7 Å². The van der Waals surface area contributed by atoms with Crippen molar-refractivity contribution in [3.8, 4) is 5.75 Å². The highest BCUT2D eigenvalue weighted by Gasteiger charge is 2.18. The second-order valence-corrected chi connectivity index (χ2v) is 8.29. The molecule has 0 bridgehead atoms. The molecule has 0 N–H and O–H groups in total. The van der Waals surface area contributed by atoms with Crippen molar-refractivity contribution in [3.63, 3.8) is 0 Å². The second-order valence-electron chi connectivity index (χ2n) is 7.27. The highest BCUT2D eigenvalue weighted by Crippen LogP contribution is 2.40. The van der Waals surface area contributed by atoms with Gasteiger partial charge in [0.25, 0.3) is 0 Å². The topological polar surface area (TPSA) is 52.6 Å². The van der Waals surface area contributed by atoms with E-state index in [4.69, 9.17) is 9.47 Å². The molecule has 156 valence electrons. The lowest BCUT2D eigenvalue weighted by molar-refractivity contribution is -0.139. The van der Waals surface area contributed by atoms with E-state index in [9.17, 15) is 9.59 Å². The summed E-state index contributed by atoms with van der Waals surface area (Å²) in [5, 5.41) is 1.74. The number of ether oxygens (including phenoxy) is 2. The van der Waals surface area contributed by atoms with E-state index < -0.39 is 11.8 Å². The van der Waals surface area contributed by atoms with Crippen LogP contribution in [0.2, 0.25) is 0 Å². The van der Waals surface area contributed by atoms with Crippen LogP contribution in [0.3, 0.4) is 0 Å². The first-order valence-electron chi connectivity index (χ1n) is 9.54. The minimum atomic E-state index is -0.653. The van der Waals surface area contributed by atoms with Gasteiger partial charge in [0.1, 0.15) is 0 Å². The fourth-order valence-electron chi connectivity index (χ4n) is 3.12. The van der Waals surface area contributed by atoms with Crippen molar-refractivity contribution in [3.05, 3.63) is 65.5 Å². The maximum Gasteiger partial charge on any atom is 0.338 e. The van der Waals surface area contributed by atoms with Crippen LogP contribution in [0.1, 0.15) is 31.4 Å². The quantitative estimate of drug-likeness (QED) is 0.200. The van der Waals surface area contributed by atoms with Gasteiger partial charge in [0, 0.05) is 26.6 Å². The minimum Gasteiger partial charge on any atom is -0.462 e. The van der Waals surface area contributed by atoms with Crippen molar-refractivity contribution in [1.82, 2.24) is 0 Å². The summed E-state index contributed by atoms with van der Waals surface area (Å²) in [6.07, 6.45) is 1.43. The van der Waals surface area contributed by atoms with E-state index in [1.807, 2.05) is 19.1 Å². The first kappa shape index (κ1) is 21.7. The summed E-state index contributed by atoms with van der Waals surface area (Å²) < 4.78 is 26.7. The number of fused-ring (bicyclic) bond motifs is 3. The van der Waals surface area contributed by atoms with Crippen LogP contribution in [0.5, 0.6) is 5.75 Å². The molecule has 4 nitrogen and oxygen atoms in total. The Labute approximate surface area is 178 Å². The summed E-state index contributed by atoms with van der Waals surface area (Å²) in [4.78, 5) is 23.2. The van der Waals surface area contributed by atoms with Crippen LogP contribution in [-0.4, -0.2) is 18.5 Å². The zero-order valence-corrected chi connectivity index (χ0v) is 18.1. The van der Waals surface area contributed by atoms with Crippen LogP contribution >= 0.6 is 11.3 Å². The highest BCUT2D eigenvalue weighted by atomic mass is 32.1. The third-order valence-corrected chi connectivity index (χ3v) is 6.13. The molecule has 0 saturated carbocycles. The number of carbonyl (C=O) groups is 2. The van der Waals surface area contributed by atoms with E-state index in [2.05, 4.69) is 13.2 Å². The van der Waals surface area contributed by atoms with E-state index in [0.29, 0.717) is 23.3 Å². The molecule has 0 radical (unpaired) electrons. The Morgan fingerprint density at radius 1 is 1.00 bits per heavy atom. The summed E-state index contributed by atoms with van der Waals surface area (Å²) in [5.74, 6) is -1.68. The summed E-state index contributed by atoms with van der Waals surface area (Å²) >= 11 is 1.34. The lowest BCUT2D eigenvalue weighted by Crippen LogP contribution is -2.09. The Morgan fingerprint density at radius 3 is 2.30 bits per heavy atom. The lowest BCUT2D eigenvalue weighted by atomic mass is 10.0. The zero-order chi connectivity index (χ0) is 22.0. The Hall–Kier alpha value is -2.99. The first-order valence-corrected chi connectivity index (χ1v) is 10.4. The molecular formula is C24H23FO4S. The number of hydrogen-bond acceptors (Lipinski definition) is 5. The average molecular weight is 427 g/mol. The Kier molecular flexibility index (Phi) is 6.37. The minimum absolute atomic E-state index is 0.0979. The second kappa shape index (κ2) is 8.79. The molecule has 0 fully saturated rings. The molecule has 0 atom stereocenters. The lowest BCUT2D eigenvalue weighted by Gasteiger charge is -2.08. The molecule has 0 aliphatic rings. The number of esters is 2. The fourth-order valence-corrected chi connectivity index (χ4v) is 4.37. The van der Waals surface area contributed by atoms with E-state index in [-0.39, 0.29) is 17.3 Å². The molecule has 2 aromatic carbocycles. The van der Waals surface area contributed by atoms with Crippen LogP contribution in [-0.2, 0) is 20.7 Å². The van der Waals surface area contributed by atoms with Gasteiger partial charge in [-0.2, -0.15) is 0 Å². The molecule has 0 saturated heterocycles. The maximum absolute atomic E-state index is 15.0. The van der Waals surface area contributed by atoms with Crippen molar-refractivity contribution in [2.45, 2.75) is 33.6 Å².